The summed E-state index contributed by atoms with van der Waals surface area (Å²) in [6.07, 6.45) is 1.39. The van der Waals surface area contributed by atoms with Gasteiger partial charge in [0.25, 0.3) is 0 Å². The van der Waals surface area contributed by atoms with Gasteiger partial charge in [-0.1, -0.05) is 31.9 Å². The van der Waals surface area contributed by atoms with Gasteiger partial charge in [0, 0.05) is 25.6 Å². The Bertz CT molecular complexity index is 680. The zero-order chi connectivity index (χ0) is 19.5. The van der Waals surface area contributed by atoms with Crippen LogP contribution in [-0.4, -0.2) is 45.6 Å². The number of carbonyl (C=O) groups is 2. The van der Waals surface area contributed by atoms with E-state index < -0.39 is 12.2 Å². The van der Waals surface area contributed by atoms with E-state index in [1.807, 2.05) is 26.0 Å². The summed E-state index contributed by atoms with van der Waals surface area (Å²) in [6, 6.07) is 5.55. The van der Waals surface area contributed by atoms with Gasteiger partial charge < -0.3 is 14.6 Å². The molecule has 0 spiro atoms. The van der Waals surface area contributed by atoms with E-state index in [0.29, 0.717) is 11.5 Å². The molecule has 144 valence electrons. The van der Waals surface area contributed by atoms with Gasteiger partial charge >= 0.3 is 12.2 Å². The summed E-state index contributed by atoms with van der Waals surface area (Å²) < 4.78 is 13.6. The highest BCUT2D eigenvalue weighted by Gasteiger charge is 2.42. The zero-order valence-corrected chi connectivity index (χ0v) is 16.6. The molecule has 8 heteroatoms. The van der Waals surface area contributed by atoms with Crippen LogP contribution in [-0.2, 0) is 0 Å². The summed E-state index contributed by atoms with van der Waals surface area (Å²) in [7, 11) is 2.80. The first kappa shape index (κ1) is 20.2. The van der Waals surface area contributed by atoms with Crippen LogP contribution in [0.5, 0.6) is 11.5 Å². The average molecular weight is 382 g/mol. The molecule has 2 amide bonds. The van der Waals surface area contributed by atoms with Gasteiger partial charge in [-0.3, -0.25) is 0 Å². The molecule has 1 atom stereocenters. The van der Waals surface area contributed by atoms with Gasteiger partial charge in [0.05, 0.1) is 12.1 Å². The number of unbranched alkanes of at least 4 members (excludes halogenated alkanes) is 1. The van der Waals surface area contributed by atoms with Crippen LogP contribution in [0.2, 0.25) is 0 Å². The summed E-state index contributed by atoms with van der Waals surface area (Å²) in [6.45, 7) is 6.25. The second-order valence-corrected chi connectivity index (χ2v) is 8.06. The third-order valence-corrected chi connectivity index (χ3v) is 5.20. The lowest BCUT2D eigenvalue weighted by atomic mass is 9.83. The summed E-state index contributed by atoms with van der Waals surface area (Å²) in [5, 5.41) is 8.89. The molecule has 0 fully saturated rings. The smallest absolute Gasteiger partial charge is 0.426 e. The number of carboxylic acid groups (broad SMARTS) is 1. The molecule has 1 aliphatic heterocycles. The Balaban J connectivity index is 2.17. The number of para-hydroxylation sites is 1. The van der Waals surface area contributed by atoms with E-state index in [0.717, 1.165) is 45.6 Å². The number of amides is 2. The molecule has 0 radical (unpaired) electrons. The van der Waals surface area contributed by atoms with Crippen LogP contribution in [0, 0.1) is 0 Å². The van der Waals surface area contributed by atoms with Crippen LogP contribution in [0.1, 0.15) is 51.5 Å². The molecule has 1 N–H and O–H groups in total. The molecule has 0 aromatic heterocycles. The van der Waals surface area contributed by atoms with Crippen molar-refractivity contribution in [3.63, 3.8) is 0 Å². The highest BCUT2D eigenvalue weighted by atomic mass is 32.2. The first-order valence-electron chi connectivity index (χ1n) is 8.59. The summed E-state index contributed by atoms with van der Waals surface area (Å²) in [4.78, 5) is 23.2. The quantitative estimate of drug-likeness (QED) is 0.716. The lowest BCUT2D eigenvalue weighted by Crippen LogP contribution is -2.31. The van der Waals surface area contributed by atoms with Crippen LogP contribution < -0.4 is 9.47 Å². The number of hydrogen-bond donors (Lipinski definition) is 1. The number of hydrogen-bond acceptors (Lipinski definition) is 5. The highest BCUT2D eigenvalue weighted by molar-refractivity contribution is 7.95. The molecule has 1 aromatic carbocycles. The Morgan fingerprint density at radius 1 is 1.31 bits per heavy atom. The van der Waals surface area contributed by atoms with E-state index in [-0.39, 0.29) is 11.5 Å². The molecular weight excluding hydrogens is 356 g/mol. The van der Waals surface area contributed by atoms with Crippen molar-refractivity contribution in [1.82, 2.24) is 8.61 Å². The van der Waals surface area contributed by atoms with Crippen molar-refractivity contribution in [3.8, 4) is 11.5 Å². The largest absolute Gasteiger partial charge is 0.483 e. The van der Waals surface area contributed by atoms with Gasteiger partial charge in [-0.25, -0.2) is 18.2 Å². The number of benzene rings is 1. The minimum absolute atomic E-state index is 0.237. The highest BCUT2D eigenvalue weighted by Crippen LogP contribution is 2.51. The van der Waals surface area contributed by atoms with Crippen LogP contribution in [0.15, 0.2) is 18.2 Å². The van der Waals surface area contributed by atoms with Crippen molar-refractivity contribution < 1.29 is 24.2 Å². The maximum absolute atomic E-state index is 12.3. The topological polar surface area (TPSA) is 79.3 Å². The molecule has 7 nitrogen and oxygen atoms in total. The normalized spacial score (nSPS) is 17.2. The van der Waals surface area contributed by atoms with Crippen LogP contribution in [0.4, 0.5) is 9.59 Å². The number of rotatable bonds is 6. The van der Waals surface area contributed by atoms with Crippen molar-refractivity contribution in [3.05, 3.63) is 23.8 Å². The van der Waals surface area contributed by atoms with Gasteiger partial charge in [-0.2, -0.15) is 0 Å². The van der Waals surface area contributed by atoms with E-state index in [1.54, 1.807) is 6.07 Å². The molecule has 1 heterocycles. The molecule has 26 heavy (non-hydrogen) atoms. The summed E-state index contributed by atoms with van der Waals surface area (Å²) >= 11 is 0.731. The van der Waals surface area contributed by atoms with Crippen molar-refractivity contribution in [2.75, 3.05) is 14.1 Å². The first-order valence-corrected chi connectivity index (χ1v) is 9.32. The Kier molecular flexibility index (Phi) is 6.28. The molecular formula is C18H26N2O5S. The fourth-order valence-corrected chi connectivity index (χ4v) is 3.57. The molecule has 0 bridgehead atoms. The number of carbonyl (C=O) groups excluding carboxylic acids is 1. The summed E-state index contributed by atoms with van der Waals surface area (Å²) in [5.74, 6) is 1.18. The predicted octanol–water partition coefficient (Wildman–Crippen LogP) is 4.74. The summed E-state index contributed by atoms with van der Waals surface area (Å²) in [5.41, 5.74) is 0.677. The van der Waals surface area contributed by atoms with Gasteiger partial charge in [0.2, 0.25) is 0 Å². The number of fused-ring (bicyclic) bond motifs is 1. The van der Waals surface area contributed by atoms with Gasteiger partial charge in [0.1, 0.15) is 5.60 Å². The van der Waals surface area contributed by atoms with Crippen molar-refractivity contribution in [2.24, 2.45) is 0 Å². The van der Waals surface area contributed by atoms with Crippen LogP contribution >= 0.6 is 12.1 Å². The molecule has 0 saturated heterocycles. The minimum Gasteiger partial charge on any atom is -0.483 e. The second-order valence-electron chi connectivity index (χ2n) is 6.80. The van der Waals surface area contributed by atoms with E-state index >= 15 is 0 Å². The molecule has 0 saturated carbocycles. The standard InChI is InChI=1S/C18H26N2O5S/c1-6-7-10-13-12-9-8-11-14(15(12)25-18(13,2)3)24-17(23)20(5)26-19(4)16(21)22/h8-9,11,13H,6-7,10H2,1-5H3,(H,21,22). The maximum atomic E-state index is 12.3. The molecule has 0 aliphatic carbocycles. The SMILES string of the molecule is CCCCC1c2cccc(OC(=O)N(C)SN(C)C(=O)O)c2OC1(C)C. The first-order chi connectivity index (χ1) is 12.2. The molecule has 1 aromatic rings. The zero-order valence-electron chi connectivity index (χ0n) is 15.8. The van der Waals surface area contributed by atoms with E-state index in [2.05, 4.69) is 6.92 Å². The number of ether oxygens (including phenoxy) is 2. The molecule has 1 unspecified atom stereocenters. The van der Waals surface area contributed by atoms with E-state index in [9.17, 15) is 9.59 Å². The van der Waals surface area contributed by atoms with Crippen LogP contribution in [0.25, 0.3) is 0 Å². The van der Waals surface area contributed by atoms with Crippen LogP contribution in [0.3, 0.4) is 0 Å². The number of nitrogens with zero attached hydrogens (tertiary/aromatic N) is 2. The maximum Gasteiger partial charge on any atom is 0.426 e. The van der Waals surface area contributed by atoms with Crippen molar-refractivity contribution >= 4 is 24.3 Å². The average Bonchev–Trinajstić information content (AvgIpc) is 2.83. The molecule has 2 rings (SSSR count). The second kappa shape index (κ2) is 8.07. The Morgan fingerprint density at radius 2 is 2.00 bits per heavy atom. The van der Waals surface area contributed by atoms with Gasteiger partial charge in [-0.15, -0.1) is 0 Å². The van der Waals surface area contributed by atoms with E-state index in [4.69, 9.17) is 14.6 Å². The Hall–Kier alpha value is -2.09. The Labute approximate surface area is 158 Å². The third kappa shape index (κ3) is 4.35. The fourth-order valence-electron chi connectivity index (χ4n) is 3.03. The molecule has 1 aliphatic rings. The predicted molar refractivity (Wildman–Crippen MR) is 101 cm³/mol. The third-order valence-electron chi connectivity index (χ3n) is 4.40. The van der Waals surface area contributed by atoms with Gasteiger partial charge in [0.15, 0.2) is 11.5 Å². The van der Waals surface area contributed by atoms with E-state index in [1.165, 1.54) is 14.1 Å². The minimum atomic E-state index is -1.15. The van der Waals surface area contributed by atoms with Gasteiger partial charge in [-0.05, 0) is 26.3 Å². The van der Waals surface area contributed by atoms with Crippen molar-refractivity contribution in [1.29, 1.82) is 0 Å². The monoisotopic (exact) mass is 382 g/mol. The van der Waals surface area contributed by atoms with Crippen molar-refractivity contribution in [2.45, 2.75) is 51.6 Å². The Morgan fingerprint density at radius 3 is 2.62 bits per heavy atom. The lowest BCUT2D eigenvalue weighted by Gasteiger charge is -2.26. The lowest BCUT2D eigenvalue weighted by molar-refractivity contribution is 0.101. The fraction of sp³-hybridized carbons (Fsp3) is 0.556.